The molecule has 0 aliphatic carbocycles. The van der Waals surface area contributed by atoms with Gasteiger partial charge in [0.05, 0.1) is 7.11 Å². The first-order valence-corrected chi connectivity index (χ1v) is 5.92. The minimum Gasteiger partial charge on any atom is -0.468 e. The van der Waals surface area contributed by atoms with Gasteiger partial charge in [-0.2, -0.15) is 4.99 Å². The van der Waals surface area contributed by atoms with Crippen LogP contribution in [0, 0.1) is 6.92 Å². The van der Waals surface area contributed by atoms with Crippen LogP contribution in [0.15, 0.2) is 29.3 Å². The van der Waals surface area contributed by atoms with E-state index in [1.165, 1.54) is 7.11 Å². The van der Waals surface area contributed by atoms with Crippen molar-refractivity contribution in [2.45, 2.75) is 26.8 Å². The van der Waals surface area contributed by atoms with E-state index in [1.807, 2.05) is 50.9 Å². The minimum atomic E-state index is -0.280. The Balaban J connectivity index is 3.00. The molecule has 1 aromatic carbocycles. The molecule has 1 amide bonds. The lowest BCUT2D eigenvalue weighted by Crippen LogP contribution is -2.34. The highest BCUT2D eigenvalue weighted by atomic mass is 16.5. The van der Waals surface area contributed by atoms with Gasteiger partial charge < -0.3 is 9.64 Å². The van der Waals surface area contributed by atoms with Crippen molar-refractivity contribution in [3.05, 3.63) is 35.4 Å². The molecule has 4 heteroatoms. The lowest BCUT2D eigenvalue weighted by molar-refractivity contribution is 0.0995. The second kappa shape index (κ2) is 6.19. The van der Waals surface area contributed by atoms with Gasteiger partial charge >= 0.3 is 0 Å². The molecule has 0 heterocycles. The summed E-state index contributed by atoms with van der Waals surface area (Å²) in [5.41, 5.74) is 1.51. The van der Waals surface area contributed by atoms with E-state index in [4.69, 9.17) is 4.74 Å². The van der Waals surface area contributed by atoms with E-state index in [0.717, 1.165) is 5.56 Å². The molecule has 0 atom stereocenters. The van der Waals surface area contributed by atoms with Gasteiger partial charge in [-0.05, 0) is 32.4 Å². The molecule has 0 radical (unpaired) electrons. The van der Waals surface area contributed by atoms with Crippen molar-refractivity contribution in [1.29, 1.82) is 0 Å². The van der Waals surface area contributed by atoms with E-state index in [2.05, 4.69) is 4.99 Å². The van der Waals surface area contributed by atoms with Gasteiger partial charge in [0, 0.05) is 18.7 Å². The summed E-state index contributed by atoms with van der Waals surface area (Å²) in [4.78, 5) is 17.9. The van der Waals surface area contributed by atoms with Crippen molar-refractivity contribution in [2.75, 3.05) is 14.2 Å². The molecule has 0 saturated carbocycles. The van der Waals surface area contributed by atoms with Crippen LogP contribution < -0.4 is 0 Å². The highest BCUT2D eigenvalue weighted by Crippen LogP contribution is 2.09. The number of rotatable bonds is 2. The quantitative estimate of drug-likeness (QED) is 0.596. The molecule has 1 aromatic rings. The second-order valence-electron chi connectivity index (χ2n) is 4.42. The molecule has 0 fully saturated rings. The lowest BCUT2D eigenvalue weighted by atomic mass is 10.1. The third-order valence-corrected chi connectivity index (χ3v) is 2.83. The van der Waals surface area contributed by atoms with Gasteiger partial charge in [-0.1, -0.05) is 18.2 Å². The van der Waals surface area contributed by atoms with Crippen LogP contribution in [0.25, 0.3) is 0 Å². The molecule has 0 aromatic heterocycles. The molecule has 0 aliphatic rings. The van der Waals surface area contributed by atoms with E-state index < -0.39 is 0 Å². The molecule has 1 rings (SSSR count). The average Bonchev–Trinajstić information content (AvgIpc) is 2.35. The van der Waals surface area contributed by atoms with Crippen LogP contribution in [-0.4, -0.2) is 37.0 Å². The predicted molar refractivity (Wildman–Crippen MR) is 72.9 cm³/mol. The first kappa shape index (κ1) is 14.2. The van der Waals surface area contributed by atoms with Crippen LogP contribution in [-0.2, 0) is 4.74 Å². The fourth-order valence-electron chi connectivity index (χ4n) is 1.45. The van der Waals surface area contributed by atoms with Gasteiger partial charge in [0.15, 0.2) is 0 Å². The van der Waals surface area contributed by atoms with Gasteiger partial charge in [0.25, 0.3) is 11.9 Å². The molecule has 0 spiro atoms. The molecule has 0 aliphatic heterocycles. The standard InChI is InChI=1S/C14H20N2O2/c1-10(2)16(4)14(18-5)15-13(17)12-9-7-6-8-11(12)3/h6-10H,1-5H3. The van der Waals surface area contributed by atoms with Crippen LogP contribution in [0.4, 0.5) is 0 Å². The van der Waals surface area contributed by atoms with Crippen molar-refractivity contribution >= 4 is 11.9 Å². The maximum atomic E-state index is 12.1. The molecule has 18 heavy (non-hydrogen) atoms. The van der Waals surface area contributed by atoms with Crippen molar-refractivity contribution in [3.8, 4) is 0 Å². The fraction of sp³-hybridized carbons (Fsp3) is 0.429. The smallest absolute Gasteiger partial charge is 0.295 e. The molecule has 98 valence electrons. The Morgan fingerprint density at radius 3 is 2.44 bits per heavy atom. The number of aryl methyl sites for hydroxylation is 1. The van der Waals surface area contributed by atoms with Crippen molar-refractivity contribution in [3.63, 3.8) is 0 Å². The number of carbonyl (C=O) groups is 1. The van der Waals surface area contributed by atoms with E-state index in [-0.39, 0.29) is 11.9 Å². The monoisotopic (exact) mass is 248 g/mol. The molecular weight excluding hydrogens is 228 g/mol. The SMILES string of the molecule is COC(=NC(=O)c1ccccc1C)N(C)C(C)C. The molecular formula is C14H20N2O2. The molecule has 0 unspecified atom stereocenters. The summed E-state index contributed by atoms with van der Waals surface area (Å²) >= 11 is 0. The fourth-order valence-corrected chi connectivity index (χ4v) is 1.45. The summed E-state index contributed by atoms with van der Waals surface area (Å²) in [5.74, 6) is -0.280. The Hall–Kier alpha value is -1.84. The van der Waals surface area contributed by atoms with Crippen molar-refractivity contribution < 1.29 is 9.53 Å². The van der Waals surface area contributed by atoms with Gasteiger partial charge in [-0.3, -0.25) is 4.79 Å². The second-order valence-corrected chi connectivity index (χ2v) is 4.42. The summed E-state index contributed by atoms with van der Waals surface area (Å²) < 4.78 is 5.16. The van der Waals surface area contributed by atoms with Gasteiger partial charge in [-0.25, -0.2) is 0 Å². The number of benzene rings is 1. The Labute approximate surface area is 108 Å². The summed E-state index contributed by atoms with van der Waals surface area (Å²) in [7, 11) is 3.36. The number of ether oxygens (including phenoxy) is 1. The highest BCUT2D eigenvalue weighted by molar-refractivity contribution is 6.02. The summed E-state index contributed by atoms with van der Waals surface area (Å²) in [6.07, 6.45) is 0. The van der Waals surface area contributed by atoms with Gasteiger partial charge in [0.1, 0.15) is 0 Å². The van der Waals surface area contributed by atoms with Crippen molar-refractivity contribution in [1.82, 2.24) is 4.90 Å². The van der Waals surface area contributed by atoms with Gasteiger partial charge in [-0.15, -0.1) is 0 Å². The number of aliphatic imine (C=N–C) groups is 1. The Kier molecular flexibility index (Phi) is 4.89. The molecule has 4 nitrogen and oxygen atoms in total. The minimum absolute atomic E-state index is 0.216. The first-order valence-electron chi connectivity index (χ1n) is 5.92. The van der Waals surface area contributed by atoms with Gasteiger partial charge in [0.2, 0.25) is 0 Å². The van der Waals surface area contributed by atoms with Crippen molar-refractivity contribution in [2.24, 2.45) is 4.99 Å². The number of nitrogens with zero attached hydrogens (tertiary/aromatic N) is 2. The number of hydrogen-bond donors (Lipinski definition) is 0. The van der Waals surface area contributed by atoms with E-state index in [0.29, 0.717) is 11.6 Å². The number of amidine groups is 1. The summed E-state index contributed by atoms with van der Waals surface area (Å²) in [6, 6.07) is 7.93. The lowest BCUT2D eigenvalue weighted by Gasteiger charge is -2.23. The zero-order valence-electron chi connectivity index (χ0n) is 11.6. The predicted octanol–water partition coefficient (Wildman–Crippen LogP) is 2.48. The molecule has 0 saturated heterocycles. The van der Waals surface area contributed by atoms with Crippen LogP contribution in [0.5, 0.6) is 0 Å². The van der Waals surface area contributed by atoms with Crippen LogP contribution in [0.2, 0.25) is 0 Å². The number of carbonyl (C=O) groups excluding carboxylic acids is 1. The van der Waals surface area contributed by atoms with Crippen LogP contribution in [0.1, 0.15) is 29.8 Å². The maximum Gasteiger partial charge on any atom is 0.295 e. The maximum absolute atomic E-state index is 12.1. The number of methoxy groups -OCH3 is 1. The number of amides is 1. The largest absolute Gasteiger partial charge is 0.468 e. The Morgan fingerprint density at radius 1 is 1.33 bits per heavy atom. The summed E-state index contributed by atoms with van der Waals surface area (Å²) in [6.45, 7) is 5.90. The summed E-state index contributed by atoms with van der Waals surface area (Å²) in [5, 5.41) is 0. The first-order chi connectivity index (χ1) is 8.47. The Morgan fingerprint density at radius 2 is 1.94 bits per heavy atom. The van der Waals surface area contributed by atoms with E-state index in [9.17, 15) is 4.79 Å². The Bertz CT molecular complexity index is 453. The zero-order valence-corrected chi connectivity index (χ0v) is 11.6. The normalized spacial score (nSPS) is 11.6. The third-order valence-electron chi connectivity index (χ3n) is 2.83. The van der Waals surface area contributed by atoms with E-state index in [1.54, 1.807) is 6.07 Å². The average molecular weight is 248 g/mol. The van der Waals surface area contributed by atoms with E-state index >= 15 is 0 Å². The molecule has 0 N–H and O–H groups in total. The highest BCUT2D eigenvalue weighted by Gasteiger charge is 2.14. The third kappa shape index (κ3) is 3.32. The molecule has 0 bridgehead atoms. The van der Waals surface area contributed by atoms with Crippen LogP contribution >= 0.6 is 0 Å². The number of hydrogen-bond acceptors (Lipinski definition) is 2. The van der Waals surface area contributed by atoms with Crippen LogP contribution in [0.3, 0.4) is 0 Å². The zero-order chi connectivity index (χ0) is 13.7. The topological polar surface area (TPSA) is 41.9 Å².